The normalized spacial score (nSPS) is 10.4. The van der Waals surface area contributed by atoms with Gasteiger partial charge < -0.3 is 9.72 Å². The zero-order valence-corrected chi connectivity index (χ0v) is 20.5. The molecule has 0 aliphatic heterocycles. The summed E-state index contributed by atoms with van der Waals surface area (Å²) in [5, 5.41) is 9.75. The molecule has 0 saturated heterocycles. The van der Waals surface area contributed by atoms with Crippen LogP contribution >= 0.6 is 0 Å². The number of nitrogens with zero attached hydrogens (tertiary/aromatic N) is 2. The lowest BCUT2D eigenvalue weighted by atomic mass is 9.92. The Morgan fingerprint density at radius 2 is 1.76 bits per heavy atom. The van der Waals surface area contributed by atoms with Crippen molar-refractivity contribution in [2.24, 2.45) is 0 Å². The molecule has 0 radical (unpaired) electrons. The van der Waals surface area contributed by atoms with Gasteiger partial charge in [0.15, 0.2) is 0 Å². The molecule has 4 rings (SSSR count). The summed E-state index contributed by atoms with van der Waals surface area (Å²) in [4.78, 5) is 19.4. The predicted octanol–water partition coefficient (Wildman–Crippen LogP) is 7.09. The van der Waals surface area contributed by atoms with Gasteiger partial charge in [0.1, 0.15) is 11.6 Å². The van der Waals surface area contributed by atoms with Crippen molar-refractivity contribution >= 4 is 5.97 Å². The summed E-state index contributed by atoms with van der Waals surface area (Å²) in [5.74, 6) is -1.87. The van der Waals surface area contributed by atoms with Crippen LogP contribution < -0.4 is 0 Å². The number of methoxy groups -OCH3 is 1. The second-order valence-electron chi connectivity index (χ2n) is 8.38. The first-order valence-electron chi connectivity index (χ1n) is 11.4. The number of aromatic nitrogens is 2. The van der Waals surface area contributed by atoms with Crippen LogP contribution in [0.25, 0.3) is 33.5 Å². The number of hydrogen-bond donors (Lipinski definition) is 1. The molecule has 37 heavy (non-hydrogen) atoms. The first kappa shape index (κ1) is 25.3. The molecule has 184 valence electrons. The van der Waals surface area contributed by atoms with Gasteiger partial charge >= 0.3 is 5.97 Å². The van der Waals surface area contributed by atoms with Crippen molar-refractivity contribution in [1.29, 1.82) is 5.26 Å². The number of ether oxygens (including phenoxy) is 1. The van der Waals surface area contributed by atoms with Crippen LogP contribution in [0, 0.1) is 36.8 Å². The fourth-order valence-corrected chi connectivity index (χ4v) is 4.24. The molecule has 0 spiro atoms. The molecular formula is C30H23F2N3O2. The Morgan fingerprint density at radius 1 is 0.973 bits per heavy atom. The highest BCUT2D eigenvalue weighted by Crippen LogP contribution is 2.36. The van der Waals surface area contributed by atoms with E-state index in [0.717, 1.165) is 5.56 Å². The number of rotatable bonds is 4. The largest absolute Gasteiger partial charge is 0.465 e. The van der Waals surface area contributed by atoms with Crippen molar-refractivity contribution in [2.45, 2.75) is 13.8 Å². The third-order valence-corrected chi connectivity index (χ3v) is 5.97. The van der Waals surface area contributed by atoms with Crippen molar-refractivity contribution in [3.63, 3.8) is 0 Å². The molecule has 0 amide bonds. The van der Waals surface area contributed by atoms with Crippen LogP contribution in [0.15, 0.2) is 79.3 Å². The van der Waals surface area contributed by atoms with E-state index >= 15 is 0 Å². The zero-order chi connectivity index (χ0) is 26.5. The number of pyridine rings is 1. The van der Waals surface area contributed by atoms with Gasteiger partial charge in [-0.25, -0.2) is 13.6 Å². The number of H-pyrrole nitrogens is 1. The Kier molecular flexibility index (Phi) is 7.40. The van der Waals surface area contributed by atoms with E-state index in [1.807, 2.05) is 24.3 Å². The first-order valence-corrected chi connectivity index (χ1v) is 11.4. The Labute approximate surface area is 213 Å². The molecule has 0 bridgehead atoms. The van der Waals surface area contributed by atoms with Gasteiger partial charge in [0, 0.05) is 29.7 Å². The number of carbonyl (C=O) groups is 1. The van der Waals surface area contributed by atoms with Crippen molar-refractivity contribution in [2.75, 3.05) is 7.11 Å². The summed E-state index contributed by atoms with van der Waals surface area (Å²) in [6, 6.07) is 18.2. The minimum absolute atomic E-state index is 0.135. The Balaban J connectivity index is 2.00. The van der Waals surface area contributed by atoms with Gasteiger partial charge in [0.2, 0.25) is 0 Å². The molecule has 0 atom stereocenters. The van der Waals surface area contributed by atoms with Gasteiger partial charge in [-0.15, -0.1) is 0 Å². The lowest BCUT2D eigenvalue weighted by Gasteiger charge is -2.14. The lowest BCUT2D eigenvalue weighted by molar-refractivity contribution is 0.0595. The number of aromatic amines is 1. The van der Waals surface area contributed by atoms with Crippen molar-refractivity contribution in [3.8, 4) is 39.6 Å². The Morgan fingerprint density at radius 3 is 2.51 bits per heavy atom. The maximum Gasteiger partial charge on any atom is 0.340 e. The third-order valence-electron chi connectivity index (χ3n) is 5.97. The van der Waals surface area contributed by atoms with E-state index in [2.05, 4.69) is 20.8 Å². The van der Waals surface area contributed by atoms with Gasteiger partial charge in [-0.3, -0.25) is 4.98 Å². The highest BCUT2D eigenvalue weighted by molar-refractivity contribution is 5.91. The molecule has 4 aromatic rings. The van der Waals surface area contributed by atoms with E-state index in [-0.39, 0.29) is 5.56 Å². The van der Waals surface area contributed by atoms with E-state index < -0.39 is 17.6 Å². The highest BCUT2D eigenvalue weighted by Gasteiger charge is 2.18. The summed E-state index contributed by atoms with van der Waals surface area (Å²) in [6.07, 6.45) is 4.71. The second-order valence-corrected chi connectivity index (χ2v) is 8.38. The number of hydrogen-bond acceptors (Lipinski definition) is 4. The van der Waals surface area contributed by atoms with Crippen LogP contribution in [0.2, 0.25) is 0 Å². The number of halogens is 2. The molecule has 0 aliphatic carbocycles. The average Bonchev–Trinajstić information content (AvgIpc) is 2.97. The minimum Gasteiger partial charge on any atom is -0.465 e. The molecule has 5 nitrogen and oxygen atoms in total. The van der Waals surface area contributed by atoms with Gasteiger partial charge in [0.05, 0.1) is 30.0 Å². The van der Waals surface area contributed by atoms with Crippen LogP contribution in [-0.2, 0) is 4.74 Å². The molecular weight excluding hydrogens is 472 g/mol. The number of benzene rings is 2. The van der Waals surface area contributed by atoms with Crippen molar-refractivity contribution < 1.29 is 18.3 Å². The van der Waals surface area contributed by atoms with Crippen LogP contribution in [0.4, 0.5) is 8.78 Å². The topological polar surface area (TPSA) is 78.8 Å². The smallest absolute Gasteiger partial charge is 0.340 e. The van der Waals surface area contributed by atoms with E-state index in [4.69, 9.17) is 0 Å². The molecule has 2 heterocycles. The SMILES string of the molecule is COC(=O)c1cc(C)c(-c2cccc(-c3[nH]cccc(F)cc(C)c3-c3cnccc3C#N)c2)cc1F. The number of carbonyl (C=O) groups excluding carboxylic acids is 1. The summed E-state index contributed by atoms with van der Waals surface area (Å²) in [5.41, 5.74) is 5.31. The molecule has 2 aromatic carbocycles. The Hall–Kier alpha value is -4.83. The molecule has 1 N–H and O–H groups in total. The maximum absolute atomic E-state index is 14.8. The summed E-state index contributed by atoms with van der Waals surface area (Å²) in [7, 11) is 1.20. The van der Waals surface area contributed by atoms with Crippen molar-refractivity contribution in [3.05, 3.63) is 113 Å². The van der Waals surface area contributed by atoms with Gasteiger partial charge in [-0.1, -0.05) is 18.2 Å². The fraction of sp³-hybridized carbons (Fsp3) is 0.100. The average molecular weight is 496 g/mol. The minimum atomic E-state index is -0.745. The van der Waals surface area contributed by atoms with E-state index in [9.17, 15) is 18.8 Å². The fourth-order valence-electron chi connectivity index (χ4n) is 4.24. The molecule has 2 aromatic heterocycles. The monoisotopic (exact) mass is 495 g/mol. The maximum atomic E-state index is 14.8. The zero-order valence-electron chi connectivity index (χ0n) is 20.5. The predicted molar refractivity (Wildman–Crippen MR) is 138 cm³/mol. The second kappa shape index (κ2) is 10.8. The summed E-state index contributed by atoms with van der Waals surface area (Å²) >= 11 is 0. The third kappa shape index (κ3) is 5.24. The molecule has 7 heteroatoms. The van der Waals surface area contributed by atoms with E-state index in [0.29, 0.717) is 44.6 Å². The van der Waals surface area contributed by atoms with Gasteiger partial charge in [0.25, 0.3) is 0 Å². The molecule has 0 fully saturated rings. The summed E-state index contributed by atoms with van der Waals surface area (Å²) < 4.78 is 33.9. The molecule has 0 aliphatic rings. The summed E-state index contributed by atoms with van der Waals surface area (Å²) in [6.45, 7) is 3.55. The van der Waals surface area contributed by atoms with E-state index in [1.54, 1.807) is 38.4 Å². The van der Waals surface area contributed by atoms with Crippen LogP contribution in [0.3, 0.4) is 0 Å². The Bertz CT molecular complexity index is 1600. The number of aryl methyl sites for hydroxylation is 2. The van der Waals surface area contributed by atoms with Crippen LogP contribution in [-0.4, -0.2) is 23.0 Å². The highest BCUT2D eigenvalue weighted by atomic mass is 19.1. The van der Waals surface area contributed by atoms with Gasteiger partial charge in [-0.2, -0.15) is 5.26 Å². The van der Waals surface area contributed by atoms with Crippen LogP contribution in [0.5, 0.6) is 0 Å². The number of esters is 1. The lowest BCUT2D eigenvalue weighted by Crippen LogP contribution is -2.05. The first-order chi connectivity index (χ1) is 17.8. The van der Waals surface area contributed by atoms with E-state index in [1.165, 1.54) is 37.6 Å². The molecule has 0 saturated carbocycles. The van der Waals surface area contributed by atoms with Crippen molar-refractivity contribution in [1.82, 2.24) is 9.97 Å². The quantitative estimate of drug-likeness (QED) is 0.307. The standard InChI is InChI=1S/C30H23F2N3O2/c1-18-13-25(30(36)37-3)27(32)15-24(18)20-6-4-7-21(14-20)29-28(26-17-34-11-9-22(26)16-33)19(2)12-23(31)8-5-10-35-29/h4-15,17,35H,1-3H3. The van der Waals surface area contributed by atoms with Gasteiger partial charge in [-0.05, 0) is 84.1 Å². The molecule has 0 unspecified atom stereocenters. The number of nitriles is 1. The van der Waals surface area contributed by atoms with Crippen LogP contribution in [0.1, 0.15) is 27.0 Å². The number of nitrogens with one attached hydrogen (secondary N) is 1.